The van der Waals surface area contributed by atoms with Gasteiger partial charge in [0.25, 0.3) is 5.91 Å². The van der Waals surface area contributed by atoms with Crippen LogP contribution in [0.15, 0.2) is 46.9 Å². The van der Waals surface area contributed by atoms with E-state index in [2.05, 4.69) is 12.1 Å². The molecule has 2 aromatic rings. The number of carbonyl (C=O) groups is 2. The van der Waals surface area contributed by atoms with Crippen LogP contribution in [0.2, 0.25) is 0 Å². The molecule has 1 aliphatic heterocycles. The number of aromatic carboxylic acids is 1. The number of nitrogens with zero attached hydrogens (tertiary/aromatic N) is 1. The van der Waals surface area contributed by atoms with Gasteiger partial charge in [0.15, 0.2) is 5.76 Å². The number of likely N-dealkylation sites (tertiary alicyclic amines) is 1. The van der Waals surface area contributed by atoms with Crippen LogP contribution in [-0.4, -0.2) is 35.0 Å². The van der Waals surface area contributed by atoms with Gasteiger partial charge >= 0.3 is 5.97 Å². The molecular formula is C18H19NO4. The molecule has 1 aliphatic rings. The van der Waals surface area contributed by atoms with Gasteiger partial charge in [-0.1, -0.05) is 30.3 Å². The summed E-state index contributed by atoms with van der Waals surface area (Å²) < 4.78 is 5.09. The highest BCUT2D eigenvalue weighted by molar-refractivity contribution is 5.93. The highest BCUT2D eigenvalue weighted by Crippen LogP contribution is 2.23. The van der Waals surface area contributed by atoms with E-state index in [4.69, 9.17) is 9.52 Å². The van der Waals surface area contributed by atoms with Crippen molar-refractivity contribution in [2.45, 2.75) is 19.3 Å². The third kappa shape index (κ3) is 3.62. The van der Waals surface area contributed by atoms with Gasteiger partial charge in [-0.05, 0) is 42.9 Å². The maximum Gasteiger partial charge on any atom is 0.371 e. The zero-order valence-electron chi connectivity index (χ0n) is 12.8. The van der Waals surface area contributed by atoms with Crippen LogP contribution in [0, 0.1) is 5.92 Å². The largest absolute Gasteiger partial charge is 0.475 e. The Kier molecular flexibility index (Phi) is 4.46. The fourth-order valence-electron chi connectivity index (χ4n) is 3.01. The average Bonchev–Trinajstić information content (AvgIpc) is 3.06. The van der Waals surface area contributed by atoms with E-state index in [0.29, 0.717) is 19.0 Å². The minimum absolute atomic E-state index is 0.101. The molecule has 120 valence electrons. The second kappa shape index (κ2) is 6.69. The Morgan fingerprint density at radius 1 is 1.04 bits per heavy atom. The van der Waals surface area contributed by atoms with Crippen molar-refractivity contribution in [3.63, 3.8) is 0 Å². The summed E-state index contributed by atoms with van der Waals surface area (Å²) in [6, 6.07) is 13.1. The molecule has 2 heterocycles. The molecule has 0 unspecified atom stereocenters. The number of carboxylic acids is 1. The van der Waals surface area contributed by atoms with E-state index in [1.807, 2.05) is 18.2 Å². The Hall–Kier alpha value is -2.56. The van der Waals surface area contributed by atoms with Crippen LogP contribution in [-0.2, 0) is 6.42 Å². The molecule has 0 spiro atoms. The first-order valence-corrected chi connectivity index (χ1v) is 7.80. The van der Waals surface area contributed by atoms with Gasteiger partial charge < -0.3 is 14.4 Å². The van der Waals surface area contributed by atoms with E-state index in [1.54, 1.807) is 4.90 Å². The van der Waals surface area contributed by atoms with Crippen molar-refractivity contribution < 1.29 is 19.1 Å². The normalized spacial score (nSPS) is 15.6. The van der Waals surface area contributed by atoms with Crippen LogP contribution in [0.25, 0.3) is 0 Å². The lowest BCUT2D eigenvalue weighted by molar-refractivity contribution is 0.0629. The Labute approximate surface area is 134 Å². The summed E-state index contributed by atoms with van der Waals surface area (Å²) in [5, 5.41) is 8.85. The van der Waals surface area contributed by atoms with Crippen molar-refractivity contribution in [3.8, 4) is 0 Å². The average molecular weight is 313 g/mol. The molecule has 1 N–H and O–H groups in total. The summed E-state index contributed by atoms with van der Waals surface area (Å²) in [4.78, 5) is 24.9. The molecule has 0 aliphatic carbocycles. The fourth-order valence-corrected chi connectivity index (χ4v) is 3.01. The van der Waals surface area contributed by atoms with E-state index in [9.17, 15) is 9.59 Å². The highest BCUT2D eigenvalue weighted by atomic mass is 16.4. The first kappa shape index (κ1) is 15.3. The van der Waals surface area contributed by atoms with Crippen molar-refractivity contribution in [1.82, 2.24) is 4.90 Å². The van der Waals surface area contributed by atoms with Crippen molar-refractivity contribution in [1.29, 1.82) is 0 Å². The van der Waals surface area contributed by atoms with Crippen LogP contribution in [0.3, 0.4) is 0 Å². The van der Waals surface area contributed by atoms with Crippen molar-refractivity contribution in [2.75, 3.05) is 13.1 Å². The lowest BCUT2D eigenvalue weighted by atomic mass is 9.90. The number of carboxylic acid groups (broad SMARTS) is 1. The molecule has 5 nitrogen and oxygen atoms in total. The second-order valence-electron chi connectivity index (χ2n) is 5.89. The molecule has 1 amide bonds. The standard InChI is InChI=1S/C18H19NO4/c20-17(15-6-7-16(23-15)18(21)22)19-10-8-14(9-11-19)12-13-4-2-1-3-5-13/h1-7,14H,8-12H2,(H,21,22). The lowest BCUT2D eigenvalue weighted by Gasteiger charge is -2.31. The highest BCUT2D eigenvalue weighted by Gasteiger charge is 2.26. The van der Waals surface area contributed by atoms with Gasteiger partial charge in [-0.3, -0.25) is 4.79 Å². The summed E-state index contributed by atoms with van der Waals surface area (Å²) >= 11 is 0. The third-order valence-corrected chi connectivity index (χ3v) is 4.30. The maximum atomic E-state index is 12.3. The first-order chi connectivity index (χ1) is 11.1. The van der Waals surface area contributed by atoms with E-state index < -0.39 is 5.97 Å². The minimum atomic E-state index is -1.16. The van der Waals surface area contributed by atoms with Crippen LogP contribution in [0.1, 0.15) is 39.5 Å². The molecule has 1 fully saturated rings. The maximum absolute atomic E-state index is 12.3. The number of rotatable bonds is 4. The predicted molar refractivity (Wildman–Crippen MR) is 84.4 cm³/mol. The number of hydrogen-bond acceptors (Lipinski definition) is 3. The predicted octanol–water partition coefficient (Wildman–Crippen LogP) is 3.07. The molecule has 1 aromatic heterocycles. The van der Waals surface area contributed by atoms with Gasteiger partial charge in [0, 0.05) is 13.1 Å². The molecule has 0 saturated carbocycles. The topological polar surface area (TPSA) is 70.8 Å². The van der Waals surface area contributed by atoms with E-state index in [-0.39, 0.29) is 17.4 Å². The smallest absolute Gasteiger partial charge is 0.371 e. The molecule has 23 heavy (non-hydrogen) atoms. The molecule has 3 rings (SSSR count). The number of benzene rings is 1. The monoisotopic (exact) mass is 313 g/mol. The van der Waals surface area contributed by atoms with Crippen molar-refractivity contribution in [3.05, 3.63) is 59.5 Å². The van der Waals surface area contributed by atoms with E-state index in [0.717, 1.165) is 19.3 Å². The molecule has 1 aromatic carbocycles. The van der Waals surface area contributed by atoms with Gasteiger partial charge in [0.05, 0.1) is 0 Å². The second-order valence-corrected chi connectivity index (χ2v) is 5.89. The van der Waals surface area contributed by atoms with Crippen LogP contribution < -0.4 is 0 Å². The van der Waals surface area contributed by atoms with E-state index >= 15 is 0 Å². The first-order valence-electron chi connectivity index (χ1n) is 7.80. The quantitative estimate of drug-likeness (QED) is 0.941. The summed E-state index contributed by atoms with van der Waals surface area (Å²) in [5.41, 5.74) is 1.33. The van der Waals surface area contributed by atoms with Gasteiger partial charge in [-0.15, -0.1) is 0 Å². The molecule has 5 heteroatoms. The third-order valence-electron chi connectivity index (χ3n) is 4.30. The molecular weight excluding hydrogens is 294 g/mol. The molecule has 1 saturated heterocycles. The summed E-state index contributed by atoms with van der Waals surface area (Å²) in [6.07, 6.45) is 2.94. The van der Waals surface area contributed by atoms with Crippen LogP contribution in [0.4, 0.5) is 0 Å². The number of amides is 1. The van der Waals surface area contributed by atoms with Crippen LogP contribution in [0.5, 0.6) is 0 Å². The minimum Gasteiger partial charge on any atom is -0.475 e. The number of carbonyl (C=O) groups excluding carboxylic acids is 1. The zero-order chi connectivity index (χ0) is 16.2. The van der Waals surface area contributed by atoms with Gasteiger partial charge in [0.1, 0.15) is 0 Å². The summed E-state index contributed by atoms with van der Waals surface area (Å²) in [6.45, 7) is 1.36. The Morgan fingerprint density at radius 3 is 2.30 bits per heavy atom. The lowest BCUT2D eigenvalue weighted by Crippen LogP contribution is -2.38. The molecule has 0 radical (unpaired) electrons. The number of hydrogen-bond donors (Lipinski definition) is 1. The van der Waals surface area contributed by atoms with Crippen molar-refractivity contribution in [2.24, 2.45) is 5.92 Å². The molecule has 0 bridgehead atoms. The number of piperidine rings is 1. The SMILES string of the molecule is O=C(O)c1ccc(C(=O)N2CCC(Cc3ccccc3)CC2)o1. The van der Waals surface area contributed by atoms with Gasteiger partial charge in [0.2, 0.25) is 5.76 Å². The summed E-state index contributed by atoms with van der Waals surface area (Å²) in [5.74, 6) is -0.912. The molecule has 0 atom stereocenters. The zero-order valence-corrected chi connectivity index (χ0v) is 12.8. The van der Waals surface area contributed by atoms with Crippen LogP contribution >= 0.6 is 0 Å². The number of furan rings is 1. The van der Waals surface area contributed by atoms with E-state index in [1.165, 1.54) is 17.7 Å². The Balaban J connectivity index is 1.55. The van der Waals surface area contributed by atoms with Gasteiger partial charge in [-0.2, -0.15) is 0 Å². The van der Waals surface area contributed by atoms with Crippen molar-refractivity contribution >= 4 is 11.9 Å². The Morgan fingerprint density at radius 2 is 1.70 bits per heavy atom. The van der Waals surface area contributed by atoms with Gasteiger partial charge in [-0.25, -0.2) is 4.79 Å². The summed E-state index contributed by atoms with van der Waals surface area (Å²) in [7, 11) is 0. The fraction of sp³-hybridized carbons (Fsp3) is 0.333. The Bertz CT molecular complexity index is 684.